The molecule has 4 aromatic rings. The van der Waals surface area contributed by atoms with Gasteiger partial charge in [0.25, 0.3) is 5.91 Å². The molecular formula is C18H13NO2S2. The Kier molecular flexibility index (Phi) is 3.73. The number of carbonyl (C=O) groups is 1. The van der Waals surface area contributed by atoms with Gasteiger partial charge in [0, 0.05) is 10.3 Å². The van der Waals surface area contributed by atoms with E-state index in [0.717, 1.165) is 21.4 Å². The Morgan fingerprint density at radius 3 is 2.74 bits per heavy atom. The Morgan fingerprint density at radius 1 is 1.09 bits per heavy atom. The normalized spacial score (nSPS) is 12.3. The Bertz CT molecular complexity index is 856. The molecule has 1 atom stereocenters. The summed E-state index contributed by atoms with van der Waals surface area (Å²) in [4.78, 5) is 13.7. The average molecular weight is 339 g/mol. The van der Waals surface area contributed by atoms with Crippen LogP contribution < -0.4 is 5.32 Å². The summed E-state index contributed by atoms with van der Waals surface area (Å²) in [5.41, 5.74) is 1.81. The van der Waals surface area contributed by atoms with Crippen LogP contribution in [-0.2, 0) is 0 Å². The topological polar surface area (TPSA) is 42.2 Å². The molecule has 0 aliphatic rings. The molecule has 0 radical (unpaired) electrons. The van der Waals surface area contributed by atoms with E-state index in [-0.39, 0.29) is 11.9 Å². The van der Waals surface area contributed by atoms with Crippen LogP contribution in [-0.4, -0.2) is 5.91 Å². The SMILES string of the molecule is O=C(N[C@@H](c1ccsc1)c1cccs1)c1cc2ccccc2o1. The highest BCUT2D eigenvalue weighted by Crippen LogP contribution is 2.28. The molecule has 1 amide bonds. The van der Waals surface area contributed by atoms with Crippen molar-refractivity contribution in [3.63, 3.8) is 0 Å². The van der Waals surface area contributed by atoms with Gasteiger partial charge >= 0.3 is 0 Å². The van der Waals surface area contributed by atoms with Crippen molar-refractivity contribution in [1.29, 1.82) is 0 Å². The van der Waals surface area contributed by atoms with Crippen LogP contribution >= 0.6 is 22.7 Å². The number of amides is 1. The van der Waals surface area contributed by atoms with E-state index in [1.165, 1.54) is 0 Å². The average Bonchev–Trinajstić information content (AvgIpc) is 3.33. The second-order valence-corrected chi connectivity index (χ2v) is 6.89. The molecule has 0 aliphatic carbocycles. The number of nitrogens with one attached hydrogen (secondary N) is 1. The largest absolute Gasteiger partial charge is 0.451 e. The van der Waals surface area contributed by atoms with Crippen LogP contribution in [0.1, 0.15) is 27.0 Å². The van der Waals surface area contributed by atoms with Gasteiger partial charge in [-0.2, -0.15) is 11.3 Å². The van der Waals surface area contributed by atoms with Crippen molar-refractivity contribution in [2.75, 3.05) is 0 Å². The van der Waals surface area contributed by atoms with Gasteiger partial charge in [-0.15, -0.1) is 11.3 Å². The van der Waals surface area contributed by atoms with Crippen LogP contribution in [0.25, 0.3) is 11.0 Å². The molecule has 4 rings (SSSR count). The number of furan rings is 1. The van der Waals surface area contributed by atoms with E-state index in [4.69, 9.17) is 4.42 Å². The number of fused-ring (bicyclic) bond motifs is 1. The van der Waals surface area contributed by atoms with Gasteiger partial charge in [-0.3, -0.25) is 4.79 Å². The quantitative estimate of drug-likeness (QED) is 0.564. The van der Waals surface area contributed by atoms with Crippen molar-refractivity contribution in [1.82, 2.24) is 5.32 Å². The van der Waals surface area contributed by atoms with Crippen molar-refractivity contribution < 1.29 is 9.21 Å². The zero-order valence-electron chi connectivity index (χ0n) is 12.1. The van der Waals surface area contributed by atoms with E-state index in [1.807, 2.05) is 53.2 Å². The van der Waals surface area contributed by atoms with E-state index in [2.05, 4.69) is 10.7 Å². The van der Waals surface area contributed by atoms with E-state index in [0.29, 0.717) is 5.76 Å². The van der Waals surface area contributed by atoms with E-state index in [9.17, 15) is 4.79 Å². The van der Waals surface area contributed by atoms with Gasteiger partial charge in [-0.1, -0.05) is 24.3 Å². The first-order valence-corrected chi connectivity index (χ1v) is 8.98. The van der Waals surface area contributed by atoms with Crippen LogP contribution in [0, 0.1) is 0 Å². The number of hydrogen-bond acceptors (Lipinski definition) is 4. The minimum atomic E-state index is -0.203. The van der Waals surface area contributed by atoms with Gasteiger partial charge in [-0.25, -0.2) is 0 Å². The highest BCUT2D eigenvalue weighted by atomic mass is 32.1. The van der Waals surface area contributed by atoms with Crippen molar-refractivity contribution in [2.45, 2.75) is 6.04 Å². The molecule has 0 saturated heterocycles. The fraction of sp³-hybridized carbons (Fsp3) is 0.0556. The molecule has 1 N–H and O–H groups in total. The summed E-state index contributed by atoms with van der Waals surface area (Å²) in [6.07, 6.45) is 0. The molecule has 0 spiro atoms. The van der Waals surface area contributed by atoms with Crippen molar-refractivity contribution in [3.8, 4) is 0 Å². The van der Waals surface area contributed by atoms with Crippen molar-refractivity contribution in [3.05, 3.63) is 80.9 Å². The van der Waals surface area contributed by atoms with Crippen LogP contribution in [0.4, 0.5) is 0 Å². The summed E-state index contributed by atoms with van der Waals surface area (Å²) < 4.78 is 5.66. The Balaban J connectivity index is 1.65. The van der Waals surface area contributed by atoms with Gasteiger partial charge in [0.05, 0.1) is 6.04 Å². The Morgan fingerprint density at radius 2 is 2.00 bits per heavy atom. The Labute approximate surface area is 141 Å². The highest BCUT2D eigenvalue weighted by molar-refractivity contribution is 7.10. The summed E-state index contributed by atoms with van der Waals surface area (Å²) in [6, 6.07) is 15.3. The van der Waals surface area contributed by atoms with Crippen molar-refractivity contribution in [2.24, 2.45) is 0 Å². The maximum Gasteiger partial charge on any atom is 0.287 e. The lowest BCUT2D eigenvalue weighted by Gasteiger charge is -2.15. The molecule has 1 aromatic carbocycles. The number of benzene rings is 1. The number of hydrogen-bond donors (Lipinski definition) is 1. The summed E-state index contributed by atoms with van der Waals surface area (Å²) in [5.74, 6) is 0.133. The van der Waals surface area contributed by atoms with Gasteiger partial charge in [0.15, 0.2) is 5.76 Å². The summed E-state index contributed by atoms with van der Waals surface area (Å²) in [5, 5.41) is 10.1. The van der Waals surface area contributed by atoms with Crippen LogP contribution in [0.3, 0.4) is 0 Å². The third kappa shape index (κ3) is 2.81. The van der Waals surface area contributed by atoms with Crippen LogP contribution in [0.5, 0.6) is 0 Å². The van der Waals surface area contributed by atoms with E-state index >= 15 is 0 Å². The van der Waals surface area contributed by atoms with E-state index in [1.54, 1.807) is 28.7 Å². The van der Waals surface area contributed by atoms with Crippen LogP contribution in [0.15, 0.2) is 69.1 Å². The van der Waals surface area contributed by atoms with Crippen molar-refractivity contribution >= 4 is 39.5 Å². The third-order valence-electron chi connectivity index (χ3n) is 3.63. The lowest BCUT2D eigenvalue weighted by Crippen LogP contribution is -2.28. The van der Waals surface area contributed by atoms with Crippen LogP contribution in [0.2, 0.25) is 0 Å². The highest BCUT2D eigenvalue weighted by Gasteiger charge is 2.21. The molecule has 3 nitrogen and oxygen atoms in total. The standard InChI is InChI=1S/C18H13NO2S2/c20-18(15-10-12-4-1-2-5-14(12)21-15)19-17(13-7-9-22-11-13)16-6-3-8-23-16/h1-11,17H,(H,19,20)/t17-/m0/s1. The molecule has 23 heavy (non-hydrogen) atoms. The molecule has 3 aromatic heterocycles. The lowest BCUT2D eigenvalue weighted by atomic mass is 10.1. The minimum absolute atomic E-state index is 0.151. The molecule has 5 heteroatoms. The summed E-state index contributed by atoms with van der Waals surface area (Å²) in [7, 11) is 0. The van der Waals surface area contributed by atoms with Gasteiger partial charge < -0.3 is 9.73 Å². The van der Waals surface area contributed by atoms with Gasteiger partial charge in [0.1, 0.15) is 5.58 Å². The molecule has 0 fully saturated rings. The molecule has 114 valence electrons. The fourth-order valence-corrected chi connectivity index (χ4v) is 4.00. The monoisotopic (exact) mass is 339 g/mol. The van der Waals surface area contributed by atoms with Gasteiger partial charge in [0.2, 0.25) is 0 Å². The van der Waals surface area contributed by atoms with Gasteiger partial charge in [-0.05, 0) is 46.0 Å². The molecule has 0 saturated carbocycles. The first kappa shape index (κ1) is 14.2. The summed E-state index contributed by atoms with van der Waals surface area (Å²) >= 11 is 3.25. The fourth-order valence-electron chi connectivity index (χ4n) is 2.51. The molecule has 3 heterocycles. The summed E-state index contributed by atoms with van der Waals surface area (Å²) in [6.45, 7) is 0. The first-order valence-electron chi connectivity index (χ1n) is 7.16. The zero-order chi connectivity index (χ0) is 15.6. The number of rotatable bonds is 4. The number of para-hydroxylation sites is 1. The minimum Gasteiger partial charge on any atom is -0.451 e. The molecular weight excluding hydrogens is 326 g/mol. The molecule has 0 unspecified atom stereocenters. The second-order valence-electron chi connectivity index (χ2n) is 5.13. The van der Waals surface area contributed by atoms with E-state index < -0.39 is 0 Å². The molecule has 0 aliphatic heterocycles. The Hall–Kier alpha value is -2.37. The third-order valence-corrected chi connectivity index (χ3v) is 5.27. The number of carbonyl (C=O) groups excluding carboxylic acids is 1. The maximum atomic E-state index is 12.6. The maximum absolute atomic E-state index is 12.6. The molecule has 0 bridgehead atoms. The second kappa shape index (κ2) is 6.02. The predicted molar refractivity (Wildman–Crippen MR) is 94.2 cm³/mol. The zero-order valence-corrected chi connectivity index (χ0v) is 13.7. The lowest BCUT2D eigenvalue weighted by molar-refractivity contribution is 0.0918. The predicted octanol–water partition coefficient (Wildman–Crippen LogP) is 5.08. The number of thiophene rings is 2. The smallest absolute Gasteiger partial charge is 0.287 e. The first-order chi connectivity index (χ1) is 11.3.